The summed E-state index contributed by atoms with van der Waals surface area (Å²) in [5.41, 5.74) is 6.28. The Bertz CT molecular complexity index is 1320. The summed E-state index contributed by atoms with van der Waals surface area (Å²) in [7, 11) is 0.628. The van der Waals surface area contributed by atoms with Gasteiger partial charge >= 0.3 is 49.4 Å². The molecule has 1 saturated heterocycles. The summed E-state index contributed by atoms with van der Waals surface area (Å²) in [6.45, 7) is 2.88. The van der Waals surface area contributed by atoms with Gasteiger partial charge in [0.2, 0.25) is 0 Å². The van der Waals surface area contributed by atoms with Crippen molar-refractivity contribution in [3.63, 3.8) is 0 Å². The first kappa shape index (κ1) is 22.9. The average Bonchev–Trinajstić information content (AvgIpc) is 3.52. The van der Waals surface area contributed by atoms with Crippen LogP contribution in [0.4, 0.5) is 19.0 Å². The molecule has 11 heteroatoms. The van der Waals surface area contributed by atoms with Crippen LogP contribution >= 0.6 is 40.0 Å². The predicted molar refractivity (Wildman–Crippen MR) is 130 cm³/mol. The zero-order valence-electron chi connectivity index (χ0n) is 16.7. The van der Waals surface area contributed by atoms with E-state index in [1.807, 2.05) is 4.90 Å². The Hall–Kier alpha value is -0.826. The quantitative estimate of drug-likeness (QED) is 0.406. The van der Waals surface area contributed by atoms with Crippen LogP contribution in [0.1, 0.15) is 5.56 Å². The van der Waals surface area contributed by atoms with E-state index in [4.69, 9.17) is 5.73 Å². The van der Waals surface area contributed by atoms with Gasteiger partial charge in [0.15, 0.2) is 22.7 Å². The predicted octanol–water partition coefficient (Wildman–Crippen LogP) is 4.27. The van der Waals surface area contributed by atoms with Gasteiger partial charge in [-0.2, -0.15) is 0 Å². The maximum atomic E-state index is 14.9. The Kier molecular flexibility index (Phi) is 5.83. The number of nitrogens with zero attached hydrogens (tertiary/aromatic N) is 3. The van der Waals surface area contributed by atoms with Crippen molar-refractivity contribution < 1.29 is 22.6 Å². The number of hydrogen-bond donors (Lipinski definition) is 1. The van der Waals surface area contributed by atoms with Gasteiger partial charge in [0.25, 0.3) is 0 Å². The summed E-state index contributed by atoms with van der Waals surface area (Å²) < 4.78 is 44.1. The molecule has 5 nitrogen and oxygen atoms in total. The number of halogens is 5. The first-order valence-corrected chi connectivity index (χ1v) is 18.9. The van der Waals surface area contributed by atoms with E-state index in [2.05, 4.69) is 44.9 Å². The summed E-state index contributed by atoms with van der Waals surface area (Å²) in [6, 6.07) is 4.51. The summed E-state index contributed by atoms with van der Waals surface area (Å²) in [5, 5.41) is 0.0542. The van der Waals surface area contributed by atoms with Crippen molar-refractivity contribution in [2.75, 3.05) is 18.0 Å². The molecule has 0 amide bonds. The molecule has 1 aromatic carbocycles. The molecular formula is C21H17F3I2N4OV. The zero-order valence-corrected chi connectivity index (χ0v) is 22.4. The van der Waals surface area contributed by atoms with Gasteiger partial charge in [-0.1, -0.05) is 0 Å². The summed E-state index contributed by atoms with van der Waals surface area (Å²) in [5.74, 6) is -0.944. The number of aromatic nitrogens is 2. The number of anilines is 1. The summed E-state index contributed by atoms with van der Waals surface area (Å²) >= 11 is 4.74. The molecule has 1 spiro atoms. The third kappa shape index (κ3) is 3.35. The average molecular weight is 703 g/mol. The van der Waals surface area contributed by atoms with Crippen molar-refractivity contribution in [3.8, 4) is 5.69 Å². The third-order valence-corrected chi connectivity index (χ3v) is 6.98. The van der Waals surface area contributed by atoms with Gasteiger partial charge in [0.05, 0.1) is 11.1 Å². The van der Waals surface area contributed by atoms with Crippen molar-refractivity contribution in [2.45, 2.75) is 13.0 Å². The van der Waals surface area contributed by atoms with E-state index < -0.39 is 17.5 Å². The Labute approximate surface area is 210 Å². The van der Waals surface area contributed by atoms with Crippen LogP contribution in [0.15, 0.2) is 35.3 Å². The second-order valence-corrected chi connectivity index (χ2v) is 20.3. The van der Waals surface area contributed by atoms with Crippen LogP contribution < -0.4 is 16.1 Å². The monoisotopic (exact) mass is 703 g/mol. The van der Waals surface area contributed by atoms with Crippen molar-refractivity contribution in [1.29, 1.82) is 0 Å². The van der Waals surface area contributed by atoms with Crippen molar-refractivity contribution in [2.24, 2.45) is 23.0 Å². The van der Waals surface area contributed by atoms with E-state index in [1.165, 1.54) is 16.8 Å². The Balaban J connectivity index is 0.000000684. The second-order valence-electron chi connectivity index (χ2n) is 8.49. The molecule has 3 heterocycles. The van der Waals surface area contributed by atoms with E-state index in [0.717, 1.165) is 18.2 Å². The molecular weight excluding hydrogens is 686 g/mol. The number of fused-ring (bicyclic) bond motifs is 2. The Morgan fingerprint density at radius 3 is 2.56 bits per heavy atom. The molecule has 2 saturated carbocycles. The van der Waals surface area contributed by atoms with Gasteiger partial charge in [0, 0.05) is 42.4 Å². The Morgan fingerprint density at radius 1 is 1.22 bits per heavy atom. The van der Waals surface area contributed by atoms with Crippen LogP contribution in [0.2, 0.25) is 0 Å². The van der Waals surface area contributed by atoms with Crippen LogP contribution in [0.5, 0.6) is 0 Å². The van der Waals surface area contributed by atoms with Gasteiger partial charge in [-0.05, 0) is 37.0 Å². The normalized spacial score (nSPS) is 26.8. The number of hydrogen-bond acceptors (Lipinski definition) is 4. The number of aryl methyl sites for hydroxylation is 1. The van der Waals surface area contributed by atoms with Crippen LogP contribution in [0, 0.1) is 41.6 Å². The van der Waals surface area contributed by atoms with Crippen LogP contribution in [-0.4, -0.2) is 28.7 Å². The van der Waals surface area contributed by atoms with E-state index >= 15 is 0 Å². The molecule has 2 aromatic heterocycles. The molecule has 3 aromatic rings. The minimum absolute atomic E-state index is 0.0386. The zero-order chi connectivity index (χ0) is 22.9. The van der Waals surface area contributed by atoms with Crippen molar-refractivity contribution in [1.82, 2.24) is 9.55 Å². The van der Waals surface area contributed by atoms with E-state index in [0.29, 0.717) is 40.0 Å². The molecule has 0 bridgehead atoms. The molecule has 4 atom stereocenters. The topological polar surface area (TPSA) is 64.2 Å². The molecule has 2 aliphatic carbocycles. The molecule has 32 heavy (non-hydrogen) atoms. The number of benzene rings is 1. The molecule has 0 radical (unpaired) electrons. The van der Waals surface area contributed by atoms with Crippen LogP contribution in [0.3, 0.4) is 0 Å². The molecule has 3 aliphatic rings. The number of pyridine rings is 2. The van der Waals surface area contributed by atoms with E-state index in [9.17, 15) is 18.0 Å². The molecule has 6 rings (SSSR count). The molecule has 1 aliphatic heterocycles. The van der Waals surface area contributed by atoms with E-state index in [1.54, 1.807) is 6.92 Å². The first-order valence-electron chi connectivity index (χ1n) is 9.85. The summed E-state index contributed by atoms with van der Waals surface area (Å²) in [6.07, 6.45) is 1.45. The number of nitrogens with two attached hydrogens (primary N) is 1. The maximum absolute atomic E-state index is 14.9. The number of rotatable bonds is 2. The van der Waals surface area contributed by atoms with Gasteiger partial charge in [-0.25, -0.2) is 18.2 Å². The third-order valence-electron chi connectivity index (χ3n) is 6.98. The first-order chi connectivity index (χ1) is 15.2. The SMILES string of the molecule is Cc1cn(-c2ccc(F)cc2F)c2nc(N3CC4C5C(N)C45C3)c(F)cc2c1=O.[I][V][I]. The molecule has 4 unspecified atom stereocenters. The van der Waals surface area contributed by atoms with Crippen molar-refractivity contribution >= 4 is 56.8 Å². The van der Waals surface area contributed by atoms with E-state index in [-0.39, 0.29) is 39.4 Å². The van der Waals surface area contributed by atoms with Gasteiger partial charge in [-0.3, -0.25) is 9.36 Å². The van der Waals surface area contributed by atoms with Crippen LogP contribution in [-0.2, 0) is 9.47 Å². The molecule has 3 fully saturated rings. The number of piperidine rings is 1. The Morgan fingerprint density at radius 2 is 1.94 bits per heavy atom. The van der Waals surface area contributed by atoms with Gasteiger partial charge in [0.1, 0.15) is 11.6 Å². The fourth-order valence-corrected chi connectivity index (χ4v) is 5.31. The van der Waals surface area contributed by atoms with Crippen molar-refractivity contribution in [3.05, 3.63) is 63.7 Å². The standard InChI is InChI=1S/C21H17F3N4O.2HI.V/c1-9-6-28(15-3-2-10(22)4-13(15)23)19-11(17(9)29)5-14(24)20(26-19)27-7-12-16-18(25)21(12,16)8-27;;;/h2-6,12,16,18H,7-8,25H2,1H3;2*1H;/q;;;+2/p-2. The second kappa shape index (κ2) is 8.14. The fourth-order valence-electron chi connectivity index (χ4n) is 5.31. The minimum atomic E-state index is -0.796. The molecule has 167 valence electrons. The van der Waals surface area contributed by atoms with Gasteiger partial charge in [-0.15, -0.1) is 0 Å². The van der Waals surface area contributed by atoms with Crippen LogP contribution in [0.25, 0.3) is 16.7 Å². The van der Waals surface area contributed by atoms with Gasteiger partial charge < -0.3 is 10.6 Å². The summed E-state index contributed by atoms with van der Waals surface area (Å²) in [4.78, 5) is 18.9. The molecule has 2 N–H and O–H groups in total. The fraction of sp³-hybridized carbons (Fsp3) is 0.333.